The monoisotopic (exact) mass is 291 g/mol. The van der Waals surface area contributed by atoms with Crippen molar-refractivity contribution in [3.63, 3.8) is 0 Å². The van der Waals surface area contributed by atoms with E-state index in [-0.39, 0.29) is 23.6 Å². The molecule has 1 aliphatic carbocycles. The van der Waals surface area contributed by atoms with Crippen molar-refractivity contribution >= 4 is 17.3 Å². The van der Waals surface area contributed by atoms with Gasteiger partial charge in [0.25, 0.3) is 5.69 Å². The minimum absolute atomic E-state index is 0.0159. The second-order valence-corrected chi connectivity index (χ2v) is 5.67. The fraction of sp³-hybridized carbons (Fsp3) is 0.533. The van der Waals surface area contributed by atoms with Crippen molar-refractivity contribution in [1.29, 1.82) is 0 Å². The van der Waals surface area contributed by atoms with Crippen LogP contribution in [-0.2, 0) is 4.79 Å². The van der Waals surface area contributed by atoms with Crippen LogP contribution in [0.3, 0.4) is 0 Å². The second kappa shape index (κ2) is 6.67. The molecule has 2 unspecified atom stereocenters. The van der Waals surface area contributed by atoms with E-state index in [0.29, 0.717) is 17.7 Å². The summed E-state index contributed by atoms with van der Waals surface area (Å²) in [5.74, 6) is 0.0821. The number of nitrogens with one attached hydrogen (secondary N) is 1. The lowest BCUT2D eigenvalue weighted by Gasteiger charge is -2.28. The molecular weight excluding hydrogens is 270 g/mol. The molecule has 1 aliphatic rings. The van der Waals surface area contributed by atoms with Crippen LogP contribution >= 0.6 is 0 Å². The molecule has 1 saturated carbocycles. The number of nitrogens with two attached hydrogens (primary N) is 1. The third kappa shape index (κ3) is 3.78. The molecule has 0 aliphatic heterocycles. The molecule has 114 valence electrons. The number of nitro groups is 1. The Morgan fingerprint density at radius 3 is 2.81 bits per heavy atom. The number of hydrogen-bond donors (Lipinski definition) is 2. The molecule has 1 fully saturated rings. The highest BCUT2D eigenvalue weighted by Crippen LogP contribution is 2.28. The van der Waals surface area contributed by atoms with Gasteiger partial charge in [-0.1, -0.05) is 18.9 Å². The summed E-state index contributed by atoms with van der Waals surface area (Å²) in [7, 11) is 0. The Kier molecular flexibility index (Phi) is 4.90. The van der Waals surface area contributed by atoms with E-state index in [1.807, 2.05) is 0 Å². The predicted molar refractivity (Wildman–Crippen MR) is 81.0 cm³/mol. The van der Waals surface area contributed by atoms with Crippen LogP contribution in [0.15, 0.2) is 18.2 Å². The number of amides is 1. The van der Waals surface area contributed by atoms with Gasteiger partial charge in [-0.3, -0.25) is 14.9 Å². The lowest BCUT2D eigenvalue weighted by atomic mass is 9.83. The van der Waals surface area contributed by atoms with E-state index in [2.05, 4.69) is 5.32 Å². The Labute approximate surface area is 123 Å². The van der Waals surface area contributed by atoms with Crippen LogP contribution in [0.2, 0.25) is 0 Å². The fourth-order valence-corrected chi connectivity index (χ4v) is 2.89. The minimum Gasteiger partial charge on any atom is -0.327 e. The molecular formula is C15H21N3O3. The van der Waals surface area contributed by atoms with E-state index in [9.17, 15) is 14.9 Å². The van der Waals surface area contributed by atoms with Gasteiger partial charge < -0.3 is 11.1 Å². The Hall–Kier alpha value is -1.95. The molecule has 2 atom stereocenters. The molecule has 1 aromatic carbocycles. The molecule has 0 bridgehead atoms. The first-order chi connectivity index (χ1) is 9.99. The van der Waals surface area contributed by atoms with Crippen LogP contribution in [0, 0.1) is 23.0 Å². The van der Waals surface area contributed by atoms with E-state index < -0.39 is 4.92 Å². The second-order valence-electron chi connectivity index (χ2n) is 5.67. The Bertz CT molecular complexity index is 545. The quantitative estimate of drug-likeness (QED) is 0.658. The van der Waals surface area contributed by atoms with Crippen molar-refractivity contribution in [3.05, 3.63) is 33.9 Å². The largest absolute Gasteiger partial charge is 0.327 e. The maximum atomic E-state index is 12.1. The molecule has 1 amide bonds. The molecule has 0 aromatic heterocycles. The summed E-state index contributed by atoms with van der Waals surface area (Å²) in [6, 6.07) is 4.77. The first-order valence-corrected chi connectivity index (χ1v) is 7.28. The first kappa shape index (κ1) is 15.4. The molecule has 2 rings (SSSR count). The number of rotatable bonds is 4. The van der Waals surface area contributed by atoms with E-state index >= 15 is 0 Å². The van der Waals surface area contributed by atoms with Gasteiger partial charge in [-0.05, 0) is 31.7 Å². The first-order valence-electron chi connectivity index (χ1n) is 7.28. The average molecular weight is 291 g/mol. The summed E-state index contributed by atoms with van der Waals surface area (Å²) < 4.78 is 0. The zero-order valence-corrected chi connectivity index (χ0v) is 12.2. The highest BCUT2D eigenvalue weighted by molar-refractivity contribution is 5.92. The normalized spacial score (nSPS) is 21.8. The van der Waals surface area contributed by atoms with E-state index in [4.69, 9.17) is 5.73 Å². The van der Waals surface area contributed by atoms with Crippen molar-refractivity contribution in [2.24, 2.45) is 11.7 Å². The summed E-state index contributed by atoms with van der Waals surface area (Å²) in [6.45, 7) is 1.64. The Balaban J connectivity index is 2.02. The lowest BCUT2D eigenvalue weighted by Crippen LogP contribution is -2.35. The van der Waals surface area contributed by atoms with E-state index in [0.717, 1.165) is 25.7 Å². The van der Waals surface area contributed by atoms with Gasteiger partial charge in [0, 0.05) is 18.5 Å². The van der Waals surface area contributed by atoms with Crippen molar-refractivity contribution in [2.75, 3.05) is 5.32 Å². The molecule has 6 heteroatoms. The van der Waals surface area contributed by atoms with Gasteiger partial charge in [0.15, 0.2) is 0 Å². The number of hydrogen-bond acceptors (Lipinski definition) is 4. The van der Waals surface area contributed by atoms with E-state index in [1.165, 1.54) is 6.07 Å². The summed E-state index contributed by atoms with van der Waals surface area (Å²) in [4.78, 5) is 22.6. The van der Waals surface area contributed by atoms with Gasteiger partial charge in [0.2, 0.25) is 5.91 Å². The Morgan fingerprint density at radius 1 is 1.43 bits per heavy atom. The number of nitrogens with zero attached hydrogens (tertiary/aromatic N) is 1. The van der Waals surface area contributed by atoms with Crippen LogP contribution in [0.1, 0.15) is 37.7 Å². The van der Waals surface area contributed by atoms with Crippen LogP contribution in [-0.4, -0.2) is 16.9 Å². The van der Waals surface area contributed by atoms with Crippen LogP contribution in [0.5, 0.6) is 0 Å². The standard InChI is InChI=1S/C15H21N3O3/c1-10-13(7-4-8-14(10)18(20)21)17-15(19)9-11-5-2-3-6-12(11)16/h4,7-8,11-12H,2-3,5-6,9,16H2,1H3,(H,17,19). The van der Waals surface area contributed by atoms with Gasteiger partial charge in [0.05, 0.1) is 16.2 Å². The van der Waals surface area contributed by atoms with Crippen molar-refractivity contribution in [3.8, 4) is 0 Å². The number of nitro benzene ring substituents is 1. The van der Waals surface area contributed by atoms with Gasteiger partial charge in [0.1, 0.15) is 0 Å². The van der Waals surface area contributed by atoms with Gasteiger partial charge >= 0.3 is 0 Å². The highest BCUT2D eigenvalue weighted by Gasteiger charge is 2.24. The number of carbonyl (C=O) groups excluding carboxylic acids is 1. The summed E-state index contributed by atoms with van der Waals surface area (Å²) in [6.07, 6.45) is 4.56. The lowest BCUT2D eigenvalue weighted by molar-refractivity contribution is -0.385. The van der Waals surface area contributed by atoms with Gasteiger partial charge in [-0.15, -0.1) is 0 Å². The third-order valence-corrected chi connectivity index (χ3v) is 4.19. The van der Waals surface area contributed by atoms with Crippen molar-refractivity contribution in [1.82, 2.24) is 0 Å². The zero-order chi connectivity index (χ0) is 15.4. The van der Waals surface area contributed by atoms with Crippen molar-refractivity contribution in [2.45, 2.75) is 45.1 Å². The molecule has 0 saturated heterocycles. The molecule has 6 nitrogen and oxygen atoms in total. The highest BCUT2D eigenvalue weighted by atomic mass is 16.6. The summed E-state index contributed by atoms with van der Waals surface area (Å²) in [5, 5.41) is 13.7. The molecule has 0 radical (unpaired) electrons. The zero-order valence-electron chi connectivity index (χ0n) is 12.2. The smallest absolute Gasteiger partial charge is 0.274 e. The molecule has 1 aromatic rings. The average Bonchev–Trinajstić information content (AvgIpc) is 2.43. The number of anilines is 1. The van der Waals surface area contributed by atoms with Crippen LogP contribution in [0.25, 0.3) is 0 Å². The van der Waals surface area contributed by atoms with Crippen LogP contribution < -0.4 is 11.1 Å². The molecule has 21 heavy (non-hydrogen) atoms. The van der Waals surface area contributed by atoms with Gasteiger partial charge in [-0.2, -0.15) is 0 Å². The maximum absolute atomic E-state index is 12.1. The summed E-state index contributed by atoms with van der Waals surface area (Å²) >= 11 is 0. The van der Waals surface area contributed by atoms with E-state index in [1.54, 1.807) is 19.1 Å². The fourth-order valence-electron chi connectivity index (χ4n) is 2.89. The van der Waals surface area contributed by atoms with Crippen molar-refractivity contribution < 1.29 is 9.72 Å². The SMILES string of the molecule is Cc1c(NC(=O)CC2CCCCC2N)cccc1[N+](=O)[O-]. The Morgan fingerprint density at radius 2 is 2.14 bits per heavy atom. The number of carbonyl (C=O) groups is 1. The summed E-state index contributed by atoms with van der Waals surface area (Å²) in [5.41, 5.74) is 7.04. The topological polar surface area (TPSA) is 98.3 Å². The predicted octanol–water partition coefficient (Wildman–Crippen LogP) is 2.75. The van der Waals surface area contributed by atoms with Gasteiger partial charge in [-0.25, -0.2) is 0 Å². The minimum atomic E-state index is -0.442. The number of benzene rings is 1. The third-order valence-electron chi connectivity index (χ3n) is 4.19. The molecule has 0 spiro atoms. The molecule has 0 heterocycles. The maximum Gasteiger partial charge on any atom is 0.274 e. The van der Waals surface area contributed by atoms with Crippen LogP contribution in [0.4, 0.5) is 11.4 Å². The molecule has 3 N–H and O–H groups in total.